The Hall–Kier alpha value is -3.50. The molecule has 0 aliphatic carbocycles. The standard InChI is InChI=1S/C28H26N2O2/c1-3-10-32-17-26-9-6-20-12-22-13-23-15-27-19(5-8-25(29-27)7-4-18(2)31)11-21(23)14-24(22)16-28(20)30-26/h5-6,8-9,11-16,31H,2-4,7,10,17H2,1H3. The minimum absolute atomic E-state index is 0.194. The second kappa shape index (κ2) is 8.56. The number of aromatic nitrogens is 2. The number of hydrogen-bond donors (Lipinski definition) is 1. The van der Waals surface area contributed by atoms with Gasteiger partial charge in [-0.2, -0.15) is 0 Å². The third kappa shape index (κ3) is 4.14. The first-order valence-corrected chi connectivity index (χ1v) is 11.1. The Bertz CT molecular complexity index is 1470. The number of fused-ring (bicyclic) bond motifs is 4. The molecule has 5 rings (SSSR count). The number of hydrogen-bond acceptors (Lipinski definition) is 4. The lowest BCUT2D eigenvalue weighted by molar-refractivity contribution is 0.119. The van der Waals surface area contributed by atoms with Gasteiger partial charge in [-0.05, 0) is 82.9 Å². The van der Waals surface area contributed by atoms with Gasteiger partial charge in [0.25, 0.3) is 0 Å². The van der Waals surface area contributed by atoms with E-state index in [1.54, 1.807) is 0 Å². The van der Waals surface area contributed by atoms with Crippen LogP contribution < -0.4 is 0 Å². The number of pyridine rings is 2. The van der Waals surface area contributed by atoms with Crippen molar-refractivity contribution in [3.8, 4) is 0 Å². The van der Waals surface area contributed by atoms with Crippen molar-refractivity contribution in [2.24, 2.45) is 0 Å². The summed E-state index contributed by atoms with van der Waals surface area (Å²) in [6.45, 7) is 6.97. The van der Waals surface area contributed by atoms with Gasteiger partial charge in [0, 0.05) is 29.5 Å². The molecule has 0 aliphatic heterocycles. The molecule has 0 atom stereocenters. The molecule has 2 heterocycles. The van der Waals surface area contributed by atoms with Crippen LogP contribution in [0.1, 0.15) is 31.2 Å². The van der Waals surface area contributed by atoms with Crippen LogP contribution in [0.4, 0.5) is 0 Å². The molecule has 1 N–H and O–H groups in total. The molecule has 32 heavy (non-hydrogen) atoms. The monoisotopic (exact) mass is 422 g/mol. The third-order valence-electron chi connectivity index (χ3n) is 5.79. The van der Waals surface area contributed by atoms with E-state index in [0.29, 0.717) is 19.4 Å². The fraction of sp³-hybridized carbons (Fsp3) is 0.214. The molecule has 0 unspecified atom stereocenters. The summed E-state index contributed by atoms with van der Waals surface area (Å²) >= 11 is 0. The first-order chi connectivity index (χ1) is 15.6. The van der Waals surface area contributed by atoms with Crippen molar-refractivity contribution in [3.63, 3.8) is 0 Å². The summed E-state index contributed by atoms with van der Waals surface area (Å²) in [5.74, 6) is 0.194. The molecule has 3 aromatic carbocycles. The molecular weight excluding hydrogens is 396 g/mol. The van der Waals surface area contributed by atoms with Crippen LogP contribution in [0.15, 0.2) is 73.0 Å². The number of ether oxygens (including phenoxy) is 1. The first-order valence-electron chi connectivity index (χ1n) is 11.1. The van der Waals surface area contributed by atoms with Gasteiger partial charge in [-0.3, -0.25) is 9.97 Å². The van der Waals surface area contributed by atoms with E-state index in [0.717, 1.165) is 51.6 Å². The maximum atomic E-state index is 9.37. The average Bonchev–Trinajstić information content (AvgIpc) is 2.78. The smallest absolute Gasteiger partial charge is 0.0888 e. The summed E-state index contributed by atoms with van der Waals surface area (Å²) in [7, 11) is 0. The normalized spacial score (nSPS) is 11.7. The Morgan fingerprint density at radius 3 is 1.91 bits per heavy atom. The molecule has 0 amide bonds. The van der Waals surface area contributed by atoms with E-state index >= 15 is 0 Å². The zero-order chi connectivity index (χ0) is 22.1. The van der Waals surface area contributed by atoms with Gasteiger partial charge < -0.3 is 9.84 Å². The minimum Gasteiger partial charge on any atom is -0.513 e. The van der Waals surface area contributed by atoms with Crippen molar-refractivity contribution in [2.45, 2.75) is 32.8 Å². The fourth-order valence-electron chi connectivity index (χ4n) is 4.14. The molecule has 2 aromatic heterocycles. The molecule has 0 spiro atoms. The number of allylic oxidation sites excluding steroid dienone is 1. The van der Waals surface area contributed by atoms with Crippen molar-refractivity contribution >= 4 is 43.4 Å². The Kier molecular flexibility index (Phi) is 5.46. The molecule has 5 aromatic rings. The van der Waals surface area contributed by atoms with E-state index in [1.165, 1.54) is 16.2 Å². The van der Waals surface area contributed by atoms with E-state index in [1.807, 2.05) is 12.1 Å². The van der Waals surface area contributed by atoms with Crippen molar-refractivity contribution in [3.05, 3.63) is 84.4 Å². The quantitative estimate of drug-likeness (QED) is 0.174. The Balaban J connectivity index is 1.56. The Labute approximate surface area is 187 Å². The van der Waals surface area contributed by atoms with Crippen LogP contribution in [0.5, 0.6) is 0 Å². The number of aliphatic hydroxyl groups is 1. The number of aryl methyl sites for hydroxylation is 1. The molecule has 4 nitrogen and oxygen atoms in total. The van der Waals surface area contributed by atoms with E-state index in [9.17, 15) is 5.11 Å². The van der Waals surface area contributed by atoms with Crippen LogP contribution in [0.3, 0.4) is 0 Å². The van der Waals surface area contributed by atoms with E-state index < -0.39 is 0 Å². The van der Waals surface area contributed by atoms with Gasteiger partial charge >= 0.3 is 0 Å². The maximum Gasteiger partial charge on any atom is 0.0888 e. The highest BCUT2D eigenvalue weighted by Gasteiger charge is 2.07. The molecule has 0 saturated heterocycles. The SMILES string of the molecule is C=C(O)CCc1ccc2cc3cc4cc5nc(COCCC)ccc5cc4cc3cc2n1. The Morgan fingerprint density at radius 2 is 1.31 bits per heavy atom. The predicted octanol–water partition coefficient (Wildman–Crippen LogP) is 7.02. The number of aliphatic hydroxyl groups excluding tert-OH is 1. The maximum absolute atomic E-state index is 9.37. The lowest BCUT2D eigenvalue weighted by Gasteiger charge is -2.09. The van der Waals surface area contributed by atoms with Crippen molar-refractivity contribution in [1.82, 2.24) is 9.97 Å². The zero-order valence-corrected chi connectivity index (χ0v) is 18.3. The summed E-state index contributed by atoms with van der Waals surface area (Å²) in [6.07, 6.45) is 2.23. The van der Waals surface area contributed by atoms with Crippen LogP contribution in [0.2, 0.25) is 0 Å². The molecule has 0 radical (unpaired) electrons. The lowest BCUT2D eigenvalue weighted by atomic mass is 9.99. The van der Waals surface area contributed by atoms with Gasteiger partial charge in [0.05, 0.1) is 29.1 Å². The summed E-state index contributed by atoms with van der Waals surface area (Å²) in [5, 5.41) is 16.3. The van der Waals surface area contributed by atoms with Crippen LogP contribution in [0.25, 0.3) is 43.4 Å². The summed E-state index contributed by atoms with van der Waals surface area (Å²) < 4.78 is 5.65. The minimum atomic E-state index is 0.194. The lowest BCUT2D eigenvalue weighted by Crippen LogP contribution is -1.97. The van der Waals surface area contributed by atoms with Gasteiger partial charge in [-0.1, -0.05) is 25.6 Å². The van der Waals surface area contributed by atoms with E-state index in [-0.39, 0.29) is 5.76 Å². The molecule has 0 bridgehead atoms. The van der Waals surface area contributed by atoms with Gasteiger partial charge in [0.15, 0.2) is 0 Å². The Morgan fingerprint density at radius 1 is 0.781 bits per heavy atom. The number of nitrogens with zero attached hydrogens (tertiary/aromatic N) is 2. The largest absolute Gasteiger partial charge is 0.513 e. The van der Waals surface area contributed by atoms with Gasteiger partial charge in [0.1, 0.15) is 0 Å². The van der Waals surface area contributed by atoms with Gasteiger partial charge in [0.2, 0.25) is 0 Å². The van der Waals surface area contributed by atoms with E-state index in [2.05, 4.69) is 62.0 Å². The van der Waals surface area contributed by atoms with Crippen LogP contribution in [-0.4, -0.2) is 21.7 Å². The second-order valence-electron chi connectivity index (χ2n) is 8.36. The summed E-state index contributed by atoms with van der Waals surface area (Å²) in [5.41, 5.74) is 3.89. The highest BCUT2D eigenvalue weighted by molar-refractivity contribution is 6.07. The summed E-state index contributed by atoms with van der Waals surface area (Å²) in [6, 6.07) is 21.5. The molecule has 0 aliphatic rings. The van der Waals surface area contributed by atoms with Crippen LogP contribution >= 0.6 is 0 Å². The van der Waals surface area contributed by atoms with Crippen molar-refractivity contribution in [2.75, 3.05) is 6.61 Å². The van der Waals surface area contributed by atoms with Crippen molar-refractivity contribution in [1.29, 1.82) is 0 Å². The topological polar surface area (TPSA) is 55.2 Å². The molecular formula is C28H26N2O2. The molecule has 4 heteroatoms. The molecule has 160 valence electrons. The second-order valence-corrected chi connectivity index (χ2v) is 8.36. The van der Waals surface area contributed by atoms with Gasteiger partial charge in [-0.25, -0.2) is 0 Å². The predicted molar refractivity (Wildman–Crippen MR) is 132 cm³/mol. The van der Waals surface area contributed by atoms with Gasteiger partial charge in [-0.15, -0.1) is 0 Å². The highest BCUT2D eigenvalue weighted by atomic mass is 16.5. The van der Waals surface area contributed by atoms with Crippen molar-refractivity contribution < 1.29 is 9.84 Å². The fourth-order valence-corrected chi connectivity index (χ4v) is 4.14. The molecule has 0 fully saturated rings. The molecule has 0 saturated carbocycles. The highest BCUT2D eigenvalue weighted by Crippen LogP contribution is 2.29. The van der Waals surface area contributed by atoms with Crippen LogP contribution in [-0.2, 0) is 17.8 Å². The third-order valence-corrected chi connectivity index (χ3v) is 5.79. The average molecular weight is 423 g/mol. The summed E-state index contributed by atoms with van der Waals surface area (Å²) in [4.78, 5) is 9.60. The van der Waals surface area contributed by atoms with Crippen LogP contribution in [0, 0.1) is 0 Å². The first kappa shape index (κ1) is 20.4. The number of benzene rings is 3. The number of rotatable bonds is 7. The zero-order valence-electron chi connectivity index (χ0n) is 18.3. The van der Waals surface area contributed by atoms with E-state index in [4.69, 9.17) is 14.7 Å².